The number of carbonyl (C=O) groups is 2. The van der Waals surface area contributed by atoms with E-state index in [4.69, 9.17) is 4.74 Å². The number of hydrogen-bond donors (Lipinski definition) is 2. The largest absolute Gasteiger partial charge is 0.484 e. The van der Waals surface area contributed by atoms with E-state index in [1.165, 1.54) is 24.3 Å². The van der Waals surface area contributed by atoms with Crippen LogP contribution in [-0.2, 0) is 29.5 Å². The van der Waals surface area contributed by atoms with E-state index in [1.54, 1.807) is 24.7 Å². The van der Waals surface area contributed by atoms with Gasteiger partial charge in [-0.1, -0.05) is 42.5 Å². The van der Waals surface area contributed by atoms with Crippen molar-refractivity contribution in [3.8, 4) is 5.75 Å². The molecule has 200 valence electrons. The van der Waals surface area contributed by atoms with E-state index in [1.807, 2.05) is 41.1 Å². The highest BCUT2D eigenvalue weighted by Gasteiger charge is 2.27. The molecule has 1 atom stereocenters. The van der Waals surface area contributed by atoms with Gasteiger partial charge >= 0.3 is 5.97 Å². The molecule has 1 aliphatic rings. The number of carbonyl (C=O) groups excluding carboxylic acids is 1. The molecule has 0 spiro atoms. The highest BCUT2D eigenvalue weighted by atomic mass is 32.2. The minimum absolute atomic E-state index is 0.00107. The maximum atomic E-state index is 13.2. The molecule has 0 amide bonds. The number of hydrogen-bond acceptors (Lipinski definition) is 6. The Balaban J connectivity index is 1.52. The van der Waals surface area contributed by atoms with Crippen molar-refractivity contribution in [3.63, 3.8) is 0 Å². The van der Waals surface area contributed by atoms with Gasteiger partial charge < -0.3 is 14.4 Å². The van der Waals surface area contributed by atoms with E-state index in [9.17, 15) is 23.1 Å². The number of aromatic carboxylic acids is 1. The van der Waals surface area contributed by atoms with Crippen LogP contribution in [0.25, 0.3) is 0 Å². The van der Waals surface area contributed by atoms with E-state index in [2.05, 4.69) is 9.71 Å². The maximum absolute atomic E-state index is 13.2. The summed E-state index contributed by atoms with van der Waals surface area (Å²) in [5.74, 6) is -0.888. The molecule has 0 aliphatic heterocycles. The van der Waals surface area contributed by atoms with Crippen molar-refractivity contribution in [2.24, 2.45) is 0 Å². The summed E-state index contributed by atoms with van der Waals surface area (Å²) in [7, 11) is -4.20. The molecule has 1 aromatic heterocycles. The number of benzene rings is 3. The van der Waals surface area contributed by atoms with Crippen LogP contribution in [-0.4, -0.2) is 34.8 Å². The van der Waals surface area contributed by atoms with Crippen molar-refractivity contribution in [1.82, 2.24) is 14.3 Å². The van der Waals surface area contributed by atoms with Crippen LogP contribution in [0.3, 0.4) is 0 Å². The Kier molecular flexibility index (Phi) is 7.58. The van der Waals surface area contributed by atoms with Gasteiger partial charge in [0.15, 0.2) is 5.78 Å². The highest BCUT2D eigenvalue weighted by molar-refractivity contribution is 7.89. The van der Waals surface area contributed by atoms with Crippen LogP contribution in [0.2, 0.25) is 0 Å². The summed E-state index contributed by atoms with van der Waals surface area (Å²) < 4.78 is 37.5. The van der Waals surface area contributed by atoms with Gasteiger partial charge in [-0.25, -0.2) is 22.9 Å². The van der Waals surface area contributed by atoms with Gasteiger partial charge in [0.2, 0.25) is 10.0 Å². The first kappa shape index (κ1) is 26.3. The van der Waals surface area contributed by atoms with Crippen LogP contribution in [0.5, 0.6) is 5.75 Å². The van der Waals surface area contributed by atoms with E-state index in [-0.39, 0.29) is 22.8 Å². The van der Waals surface area contributed by atoms with Gasteiger partial charge in [0, 0.05) is 36.5 Å². The summed E-state index contributed by atoms with van der Waals surface area (Å²) in [4.78, 5) is 28.1. The molecular weight excluding hydrogens is 518 g/mol. The van der Waals surface area contributed by atoms with E-state index >= 15 is 0 Å². The second-order valence-electron chi connectivity index (χ2n) is 9.25. The summed E-state index contributed by atoms with van der Waals surface area (Å²) in [6.45, 7) is 0.284. The summed E-state index contributed by atoms with van der Waals surface area (Å²) >= 11 is 0. The first-order valence-electron chi connectivity index (χ1n) is 12.5. The normalized spacial score (nSPS) is 14.0. The summed E-state index contributed by atoms with van der Waals surface area (Å²) in [5.41, 5.74) is 2.45. The summed E-state index contributed by atoms with van der Waals surface area (Å²) in [6.07, 6.45) is 6.45. The highest BCUT2D eigenvalue weighted by Crippen LogP contribution is 2.34. The molecule has 2 N–H and O–H groups in total. The molecule has 1 unspecified atom stereocenters. The number of imidazole rings is 1. The third-order valence-electron chi connectivity index (χ3n) is 6.74. The second kappa shape index (κ2) is 11.2. The lowest BCUT2D eigenvalue weighted by Crippen LogP contribution is -2.27. The Labute approximate surface area is 226 Å². The molecule has 1 aliphatic carbocycles. The van der Waals surface area contributed by atoms with E-state index < -0.39 is 22.1 Å². The predicted octanol–water partition coefficient (Wildman–Crippen LogP) is 4.40. The zero-order chi connectivity index (χ0) is 27.4. The zero-order valence-electron chi connectivity index (χ0n) is 21.0. The molecule has 4 aromatic rings. The van der Waals surface area contributed by atoms with Gasteiger partial charge in [-0.05, 0) is 48.2 Å². The van der Waals surface area contributed by atoms with Crippen LogP contribution in [0, 0.1) is 0 Å². The molecule has 3 aromatic carbocycles. The molecule has 0 bridgehead atoms. The average molecular weight is 546 g/mol. The molecule has 1 heterocycles. The monoisotopic (exact) mass is 545 g/mol. The van der Waals surface area contributed by atoms with Crippen LogP contribution < -0.4 is 9.46 Å². The Bertz CT molecular complexity index is 1600. The third kappa shape index (κ3) is 5.76. The Hall–Kier alpha value is -4.28. The lowest BCUT2D eigenvalue weighted by molar-refractivity contribution is 0.0692. The molecule has 39 heavy (non-hydrogen) atoms. The number of rotatable bonds is 10. The standard InChI is InChI=1S/C29H27N3O6S/c33-25-11-6-10-21-22(25)13-14-26(38-27(18-32-16-15-30-19-32)20-7-2-1-3-8-20)24(21)17-31-39(36,37)28-12-5-4-9-23(28)29(34)35/h1-5,7-9,12-16,19,27,31H,6,10-11,17-18H2,(H,34,35). The predicted molar refractivity (Wildman–Crippen MR) is 143 cm³/mol. The van der Waals surface area contributed by atoms with Gasteiger partial charge in [0.1, 0.15) is 11.9 Å². The fraction of sp³-hybridized carbons (Fsp3) is 0.207. The number of carboxylic acids is 1. The second-order valence-corrected chi connectivity index (χ2v) is 11.0. The molecule has 0 fully saturated rings. The van der Waals surface area contributed by atoms with Gasteiger partial charge in [-0.2, -0.15) is 0 Å². The number of aromatic nitrogens is 2. The molecule has 0 saturated carbocycles. The van der Waals surface area contributed by atoms with Crippen LogP contribution in [0.15, 0.2) is 90.3 Å². The lowest BCUT2D eigenvalue weighted by Gasteiger charge is -2.26. The van der Waals surface area contributed by atoms with E-state index in [0.717, 1.165) is 11.1 Å². The quantitative estimate of drug-likeness (QED) is 0.302. The van der Waals surface area contributed by atoms with Crippen molar-refractivity contribution in [2.75, 3.05) is 0 Å². The minimum Gasteiger partial charge on any atom is -0.484 e. The average Bonchev–Trinajstić information content (AvgIpc) is 3.46. The van der Waals surface area contributed by atoms with Crippen molar-refractivity contribution in [3.05, 3.63) is 113 Å². The summed E-state index contributed by atoms with van der Waals surface area (Å²) in [5, 5.41) is 9.50. The molecule has 10 heteroatoms. The number of sulfonamides is 1. The lowest BCUT2D eigenvalue weighted by atomic mass is 9.87. The number of fused-ring (bicyclic) bond motifs is 1. The third-order valence-corrected chi connectivity index (χ3v) is 8.20. The number of Topliss-reactive ketones (excluding diaryl/α,β-unsaturated/α-hetero) is 1. The number of ketones is 1. The minimum atomic E-state index is -4.20. The zero-order valence-corrected chi connectivity index (χ0v) is 21.8. The smallest absolute Gasteiger partial charge is 0.337 e. The summed E-state index contributed by atoms with van der Waals surface area (Å²) in [6, 6.07) is 18.5. The first-order valence-corrected chi connectivity index (χ1v) is 14.0. The van der Waals surface area contributed by atoms with Crippen LogP contribution in [0.4, 0.5) is 0 Å². The van der Waals surface area contributed by atoms with Crippen LogP contribution in [0.1, 0.15) is 56.4 Å². The number of ether oxygens (including phenoxy) is 1. The first-order chi connectivity index (χ1) is 18.8. The van der Waals surface area contributed by atoms with Gasteiger partial charge in [-0.15, -0.1) is 0 Å². The number of nitrogens with one attached hydrogen (secondary N) is 1. The van der Waals surface area contributed by atoms with Crippen molar-refractivity contribution in [1.29, 1.82) is 0 Å². The van der Waals surface area contributed by atoms with Crippen molar-refractivity contribution < 1.29 is 27.9 Å². The molecule has 5 rings (SSSR count). The van der Waals surface area contributed by atoms with Gasteiger partial charge in [0.25, 0.3) is 0 Å². The van der Waals surface area contributed by atoms with Gasteiger partial charge in [0.05, 0.1) is 23.3 Å². The number of nitrogens with zero attached hydrogens (tertiary/aromatic N) is 2. The Morgan fingerprint density at radius 1 is 1.05 bits per heavy atom. The Morgan fingerprint density at radius 3 is 2.56 bits per heavy atom. The van der Waals surface area contributed by atoms with Gasteiger partial charge in [-0.3, -0.25) is 4.79 Å². The molecular formula is C29H27N3O6S. The topological polar surface area (TPSA) is 128 Å². The SMILES string of the molecule is O=C(O)c1ccccc1S(=O)(=O)NCc1c(OC(Cn2ccnc2)c2ccccc2)ccc2c1CCCC2=O. The maximum Gasteiger partial charge on any atom is 0.337 e. The molecule has 0 radical (unpaired) electrons. The fourth-order valence-electron chi connectivity index (χ4n) is 4.82. The number of carboxylic acid groups (broad SMARTS) is 1. The molecule has 9 nitrogen and oxygen atoms in total. The van der Waals surface area contributed by atoms with Crippen molar-refractivity contribution in [2.45, 2.75) is 43.4 Å². The Morgan fingerprint density at radius 2 is 1.82 bits per heavy atom. The fourth-order valence-corrected chi connectivity index (χ4v) is 6.02. The van der Waals surface area contributed by atoms with Crippen molar-refractivity contribution >= 4 is 21.8 Å². The van der Waals surface area contributed by atoms with Crippen LogP contribution >= 0.6 is 0 Å². The van der Waals surface area contributed by atoms with E-state index in [0.29, 0.717) is 42.7 Å². The molecule has 0 saturated heterocycles.